The van der Waals surface area contributed by atoms with Crippen LogP contribution in [0.15, 0.2) is 23.2 Å². The van der Waals surface area contributed by atoms with Crippen LogP contribution in [0.3, 0.4) is 0 Å². The zero-order valence-electron chi connectivity index (χ0n) is 10.8. The molecule has 5 heteroatoms. The number of thiocarbonyl (C=S) groups is 1. The number of isothiocyanates is 1. The second kappa shape index (κ2) is 7.82. The van der Waals surface area contributed by atoms with E-state index in [1.165, 1.54) is 0 Å². The summed E-state index contributed by atoms with van der Waals surface area (Å²) in [4.78, 5) is 3.88. The fraction of sp³-hybridized carbons (Fsp3) is 0.462. The van der Waals surface area contributed by atoms with Gasteiger partial charge in [-0.1, -0.05) is 6.07 Å². The summed E-state index contributed by atoms with van der Waals surface area (Å²) in [5, 5.41) is 2.33. The molecule has 1 rings (SSSR count). The monoisotopic (exact) mass is 267 g/mol. The molecule has 0 aromatic heterocycles. The van der Waals surface area contributed by atoms with Gasteiger partial charge in [0.2, 0.25) is 0 Å². The van der Waals surface area contributed by atoms with Crippen molar-refractivity contribution in [2.24, 2.45) is 4.99 Å². The zero-order chi connectivity index (χ0) is 13.4. The standard InChI is InChI=1S/C13H17NO3S/c1-4-16-10(2)17-12-6-5-11(8-14-9-18)7-13(12)15-3/h5-7,10H,4,8H2,1-3H3/t10-/m0/s1. The third kappa shape index (κ3) is 4.45. The van der Waals surface area contributed by atoms with Crippen LogP contribution in [0.1, 0.15) is 19.4 Å². The molecule has 0 fully saturated rings. The molecular formula is C13H17NO3S. The van der Waals surface area contributed by atoms with Gasteiger partial charge in [-0.3, -0.25) is 0 Å². The van der Waals surface area contributed by atoms with Gasteiger partial charge in [0.15, 0.2) is 17.8 Å². The van der Waals surface area contributed by atoms with Crippen LogP contribution in [-0.4, -0.2) is 25.2 Å². The molecule has 4 nitrogen and oxygen atoms in total. The van der Waals surface area contributed by atoms with Crippen molar-refractivity contribution in [2.45, 2.75) is 26.7 Å². The summed E-state index contributed by atoms with van der Waals surface area (Å²) < 4.78 is 16.2. The fourth-order valence-corrected chi connectivity index (χ4v) is 1.54. The Bertz CT molecular complexity index is 430. The zero-order valence-corrected chi connectivity index (χ0v) is 11.6. The normalized spacial score (nSPS) is 11.5. The number of hydrogen-bond donors (Lipinski definition) is 0. The molecule has 0 heterocycles. The largest absolute Gasteiger partial charge is 0.493 e. The van der Waals surface area contributed by atoms with Crippen LogP contribution in [0.5, 0.6) is 11.5 Å². The van der Waals surface area contributed by atoms with Gasteiger partial charge in [0, 0.05) is 6.61 Å². The Morgan fingerprint density at radius 1 is 1.39 bits per heavy atom. The van der Waals surface area contributed by atoms with Crippen LogP contribution in [0, 0.1) is 0 Å². The summed E-state index contributed by atoms with van der Waals surface area (Å²) in [6, 6.07) is 5.61. The van der Waals surface area contributed by atoms with Gasteiger partial charge >= 0.3 is 0 Å². The molecule has 1 aromatic carbocycles. The van der Waals surface area contributed by atoms with Crippen LogP contribution in [0.2, 0.25) is 0 Å². The van der Waals surface area contributed by atoms with Gasteiger partial charge in [0.05, 0.1) is 18.8 Å². The van der Waals surface area contributed by atoms with Crippen molar-refractivity contribution in [1.29, 1.82) is 0 Å². The first-order valence-electron chi connectivity index (χ1n) is 5.70. The van der Waals surface area contributed by atoms with Gasteiger partial charge in [-0.2, -0.15) is 0 Å². The van der Waals surface area contributed by atoms with Crippen molar-refractivity contribution < 1.29 is 14.2 Å². The summed E-state index contributed by atoms with van der Waals surface area (Å²) in [6.45, 7) is 4.85. The van der Waals surface area contributed by atoms with Gasteiger partial charge in [-0.15, -0.1) is 0 Å². The summed E-state index contributed by atoms with van der Waals surface area (Å²) >= 11 is 4.54. The molecule has 18 heavy (non-hydrogen) atoms. The van der Waals surface area contributed by atoms with Crippen molar-refractivity contribution >= 4 is 17.4 Å². The Morgan fingerprint density at radius 2 is 2.17 bits per heavy atom. The summed E-state index contributed by atoms with van der Waals surface area (Å²) in [5.74, 6) is 1.30. The number of methoxy groups -OCH3 is 1. The van der Waals surface area contributed by atoms with Crippen LogP contribution in [0.25, 0.3) is 0 Å². The van der Waals surface area contributed by atoms with Gasteiger partial charge in [0.25, 0.3) is 0 Å². The first kappa shape index (κ1) is 14.6. The molecule has 0 unspecified atom stereocenters. The molecule has 0 aliphatic carbocycles. The minimum Gasteiger partial charge on any atom is -0.493 e. The molecular weight excluding hydrogens is 250 g/mol. The smallest absolute Gasteiger partial charge is 0.197 e. The fourth-order valence-electron chi connectivity index (χ4n) is 1.48. The van der Waals surface area contributed by atoms with E-state index in [2.05, 4.69) is 22.4 Å². The average molecular weight is 267 g/mol. The Hall–Kier alpha value is -1.42. The number of ether oxygens (including phenoxy) is 3. The third-order valence-electron chi connectivity index (χ3n) is 2.25. The molecule has 0 radical (unpaired) electrons. The van der Waals surface area contributed by atoms with Crippen molar-refractivity contribution in [3.63, 3.8) is 0 Å². The van der Waals surface area contributed by atoms with E-state index in [0.717, 1.165) is 5.56 Å². The van der Waals surface area contributed by atoms with Crippen molar-refractivity contribution in [3.8, 4) is 11.5 Å². The summed E-state index contributed by atoms with van der Waals surface area (Å²) in [5.41, 5.74) is 0.987. The molecule has 0 aliphatic heterocycles. The highest BCUT2D eigenvalue weighted by Gasteiger charge is 2.09. The predicted molar refractivity (Wildman–Crippen MR) is 73.4 cm³/mol. The summed E-state index contributed by atoms with van der Waals surface area (Å²) in [6.07, 6.45) is -0.311. The van der Waals surface area contributed by atoms with Gasteiger partial charge < -0.3 is 14.2 Å². The van der Waals surface area contributed by atoms with Crippen LogP contribution < -0.4 is 9.47 Å². The number of hydrogen-bond acceptors (Lipinski definition) is 5. The Labute approximate surface area is 113 Å². The quantitative estimate of drug-likeness (QED) is 0.432. The lowest BCUT2D eigenvalue weighted by molar-refractivity contribution is -0.0623. The molecule has 0 aliphatic rings. The van der Waals surface area contributed by atoms with E-state index in [9.17, 15) is 0 Å². The molecule has 0 N–H and O–H groups in total. The van der Waals surface area contributed by atoms with Gasteiger partial charge in [-0.05, 0) is 43.8 Å². The van der Waals surface area contributed by atoms with E-state index in [1.54, 1.807) is 7.11 Å². The number of aliphatic imine (C=N–C) groups is 1. The Morgan fingerprint density at radius 3 is 2.78 bits per heavy atom. The molecule has 0 amide bonds. The number of benzene rings is 1. The highest BCUT2D eigenvalue weighted by atomic mass is 32.1. The van der Waals surface area contributed by atoms with Crippen LogP contribution in [-0.2, 0) is 11.3 Å². The predicted octanol–water partition coefficient (Wildman–Crippen LogP) is 3.06. The third-order valence-corrected chi connectivity index (χ3v) is 2.38. The van der Waals surface area contributed by atoms with Crippen LogP contribution >= 0.6 is 12.2 Å². The van der Waals surface area contributed by atoms with Crippen LogP contribution in [0.4, 0.5) is 0 Å². The van der Waals surface area contributed by atoms with Crippen molar-refractivity contribution in [1.82, 2.24) is 0 Å². The minimum atomic E-state index is -0.311. The van der Waals surface area contributed by atoms with Gasteiger partial charge in [-0.25, -0.2) is 4.99 Å². The highest BCUT2D eigenvalue weighted by Crippen LogP contribution is 2.29. The van der Waals surface area contributed by atoms with Crippen molar-refractivity contribution in [3.05, 3.63) is 23.8 Å². The lowest BCUT2D eigenvalue weighted by Gasteiger charge is -2.17. The van der Waals surface area contributed by atoms with E-state index in [0.29, 0.717) is 24.7 Å². The van der Waals surface area contributed by atoms with E-state index < -0.39 is 0 Å². The molecule has 1 aromatic rings. The SMILES string of the molecule is CCO[C@H](C)Oc1ccc(CN=C=S)cc1OC. The maximum Gasteiger partial charge on any atom is 0.197 e. The maximum absolute atomic E-state index is 5.62. The lowest BCUT2D eigenvalue weighted by Crippen LogP contribution is -2.16. The average Bonchev–Trinajstić information content (AvgIpc) is 2.37. The van der Waals surface area contributed by atoms with Crippen molar-refractivity contribution in [2.75, 3.05) is 13.7 Å². The lowest BCUT2D eigenvalue weighted by atomic mass is 10.2. The molecule has 1 atom stereocenters. The van der Waals surface area contributed by atoms with E-state index >= 15 is 0 Å². The topological polar surface area (TPSA) is 40.0 Å². The Balaban J connectivity index is 2.82. The maximum atomic E-state index is 5.62. The van der Waals surface area contributed by atoms with E-state index in [1.807, 2.05) is 32.0 Å². The number of nitrogens with zero attached hydrogens (tertiary/aromatic N) is 1. The second-order valence-corrected chi connectivity index (χ2v) is 3.72. The van der Waals surface area contributed by atoms with E-state index in [-0.39, 0.29) is 6.29 Å². The first-order chi connectivity index (χ1) is 8.71. The highest BCUT2D eigenvalue weighted by molar-refractivity contribution is 7.78. The second-order valence-electron chi connectivity index (χ2n) is 3.53. The Kier molecular flexibility index (Phi) is 6.36. The number of rotatable bonds is 7. The molecule has 0 spiro atoms. The van der Waals surface area contributed by atoms with Gasteiger partial charge in [0.1, 0.15) is 0 Å². The molecule has 0 saturated carbocycles. The van der Waals surface area contributed by atoms with E-state index in [4.69, 9.17) is 14.2 Å². The molecule has 0 saturated heterocycles. The molecule has 0 bridgehead atoms. The summed E-state index contributed by atoms with van der Waals surface area (Å²) in [7, 11) is 1.60. The molecule has 98 valence electrons. The minimum absolute atomic E-state index is 0.311. The first-order valence-corrected chi connectivity index (χ1v) is 6.10.